The number of aliphatic hydroxyl groups is 1. The molecule has 1 nitrogen and oxygen atoms in total. The summed E-state index contributed by atoms with van der Waals surface area (Å²) in [5, 5.41) is 8.44. The molecule has 0 aliphatic rings. The molecule has 0 aliphatic carbocycles. The van der Waals surface area contributed by atoms with Crippen LogP contribution in [0.3, 0.4) is 0 Å². The van der Waals surface area contributed by atoms with Crippen molar-refractivity contribution in [3.63, 3.8) is 0 Å². The van der Waals surface area contributed by atoms with Gasteiger partial charge in [-0.3, -0.25) is 0 Å². The van der Waals surface area contributed by atoms with E-state index in [-0.39, 0.29) is 8.80 Å². The van der Waals surface area contributed by atoms with Gasteiger partial charge in [-0.15, -0.1) is 0 Å². The highest BCUT2D eigenvalue weighted by atomic mass is 28.3. The Bertz CT molecular complexity index is 54.9. The van der Waals surface area contributed by atoms with Gasteiger partial charge in [-0.05, 0) is 6.42 Å². The van der Waals surface area contributed by atoms with Crippen LogP contribution in [0.4, 0.5) is 0 Å². The normalized spacial score (nSPS) is 10.7. The van der Waals surface area contributed by atoms with Crippen LogP contribution in [-0.4, -0.2) is 20.5 Å². The number of rotatable bonds is 5. The lowest BCUT2D eigenvalue weighted by Crippen LogP contribution is -1.98. The molecule has 0 rings (SSSR count). The fourth-order valence-electron chi connectivity index (χ4n) is 0.767. The maximum atomic E-state index is 8.44. The molecule has 0 bridgehead atoms. The van der Waals surface area contributed by atoms with E-state index < -0.39 is 0 Å². The third kappa shape index (κ3) is 8.18. The highest BCUT2D eigenvalue weighted by Gasteiger charge is 1.94. The molecule has 0 saturated carbocycles. The Hall–Kier alpha value is 0.177. The van der Waals surface area contributed by atoms with Crippen LogP contribution in [0.25, 0.3) is 0 Å². The van der Waals surface area contributed by atoms with Crippen molar-refractivity contribution in [3.8, 4) is 0 Å². The van der Waals surface area contributed by atoms with Gasteiger partial charge in [0.15, 0.2) is 0 Å². The highest BCUT2D eigenvalue weighted by molar-refractivity contribution is 6.55. The van der Waals surface area contributed by atoms with Crippen LogP contribution < -0.4 is 0 Å². The molecule has 1 radical (unpaired) electrons. The van der Waals surface area contributed by atoms with Gasteiger partial charge in [0, 0.05) is 15.4 Å². The predicted octanol–water partition coefficient (Wildman–Crippen LogP) is 1.90. The summed E-state index contributed by atoms with van der Waals surface area (Å²) in [5.74, 6) is 0. The number of hydrogen-bond acceptors (Lipinski definition) is 1. The largest absolute Gasteiger partial charge is 0.396 e. The van der Waals surface area contributed by atoms with Crippen molar-refractivity contribution >= 4 is 8.80 Å². The van der Waals surface area contributed by atoms with Gasteiger partial charge in [-0.2, -0.15) is 0 Å². The Kier molecular flexibility index (Phi) is 6.42. The van der Waals surface area contributed by atoms with E-state index in [1.54, 1.807) is 0 Å². The third-order valence-electron chi connectivity index (χ3n) is 1.33. The molecule has 0 amide bonds. The molecule has 0 fully saturated rings. The van der Waals surface area contributed by atoms with E-state index in [4.69, 9.17) is 5.11 Å². The summed E-state index contributed by atoms with van der Waals surface area (Å²) in [4.78, 5) is 0. The van der Waals surface area contributed by atoms with Gasteiger partial charge >= 0.3 is 0 Å². The van der Waals surface area contributed by atoms with Crippen molar-refractivity contribution < 1.29 is 5.11 Å². The average molecular weight is 145 g/mol. The lowest BCUT2D eigenvalue weighted by atomic mass is 10.3. The van der Waals surface area contributed by atoms with Gasteiger partial charge in [-0.1, -0.05) is 32.0 Å². The summed E-state index contributed by atoms with van der Waals surface area (Å²) in [7, 11) is 0.00324. The van der Waals surface area contributed by atoms with E-state index in [0.717, 1.165) is 6.42 Å². The van der Waals surface area contributed by atoms with Crippen molar-refractivity contribution in [1.82, 2.24) is 0 Å². The number of aliphatic hydroxyl groups excluding tert-OH is 1. The molecule has 0 unspecified atom stereocenters. The molecule has 0 atom stereocenters. The zero-order chi connectivity index (χ0) is 7.11. The Labute approximate surface area is 59.7 Å². The van der Waals surface area contributed by atoms with E-state index in [1.165, 1.54) is 18.9 Å². The molecule has 55 valence electrons. The van der Waals surface area contributed by atoms with Gasteiger partial charge in [0.2, 0.25) is 0 Å². The van der Waals surface area contributed by atoms with Crippen molar-refractivity contribution in [2.75, 3.05) is 6.61 Å². The van der Waals surface area contributed by atoms with Crippen LogP contribution in [0.5, 0.6) is 0 Å². The third-order valence-corrected chi connectivity index (χ3v) is 2.69. The van der Waals surface area contributed by atoms with E-state index in [2.05, 4.69) is 13.1 Å². The quantitative estimate of drug-likeness (QED) is 0.463. The minimum atomic E-state index is 0.00324. The molecule has 9 heavy (non-hydrogen) atoms. The number of hydrogen-bond donors (Lipinski definition) is 1. The molecule has 0 saturated heterocycles. The summed E-state index contributed by atoms with van der Waals surface area (Å²) in [5.41, 5.74) is 0. The second-order valence-corrected chi connectivity index (χ2v) is 5.66. The highest BCUT2D eigenvalue weighted by Crippen LogP contribution is 2.02. The molecule has 0 aromatic rings. The summed E-state index contributed by atoms with van der Waals surface area (Å²) in [6, 6.07) is 1.41. The second kappa shape index (κ2) is 6.30. The minimum absolute atomic E-state index is 0.00324. The Morgan fingerprint density at radius 3 is 2.22 bits per heavy atom. The van der Waals surface area contributed by atoms with Crippen molar-refractivity contribution in [2.45, 2.75) is 38.4 Å². The van der Waals surface area contributed by atoms with E-state index in [1.807, 2.05) is 0 Å². The zero-order valence-electron chi connectivity index (χ0n) is 6.48. The number of unbranched alkanes of at least 4 members (excludes halogenated alkanes) is 2. The van der Waals surface area contributed by atoms with Crippen LogP contribution >= 0.6 is 0 Å². The maximum Gasteiger partial charge on any atom is 0.0431 e. The predicted molar refractivity (Wildman–Crippen MR) is 43.2 cm³/mol. The fraction of sp³-hybridized carbons (Fsp3) is 1.00. The van der Waals surface area contributed by atoms with E-state index in [9.17, 15) is 0 Å². The van der Waals surface area contributed by atoms with Crippen molar-refractivity contribution in [3.05, 3.63) is 0 Å². The van der Waals surface area contributed by atoms with Gasteiger partial charge in [0.1, 0.15) is 0 Å². The van der Waals surface area contributed by atoms with Crippen LogP contribution in [0, 0.1) is 0 Å². The standard InChI is InChI=1S/C7H17OSi/c1-9(2)7-5-3-4-6-8/h8H,3-7H2,1-2H3. The lowest BCUT2D eigenvalue weighted by molar-refractivity contribution is 0.284. The monoisotopic (exact) mass is 145 g/mol. The molecular weight excluding hydrogens is 128 g/mol. The second-order valence-electron chi connectivity index (χ2n) is 2.74. The van der Waals surface area contributed by atoms with Crippen LogP contribution in [0.15, 0.2) is 0 Å². The summed E-state index contributed by atoms with van der Waals surface area (Å²) in [6.07, 6.45) is 3.53. The molecular formula is C7H17OSi. The van der Waals surface area contributed by atoms with E-state index >= 15 is 0 Å². The SMILES string of the molecule is C[Si](C)CCCCCO. The first kappa shape index (κ1) is 9.18. The molecule has 0 heterocycles. The first-order chi connectivity index (χ1) is 4.27. The van der Waals surface area contributed by atoms with E-state index in [0.29, 0.717) is 6.61 Å². The molecule has 0 spiro atoms. The smallest absolute Gasteiger partial charge is 0.0431 e. The van der Waals surface area contributed by atoms with Crippen LogP contribution in [0.1, 0.15) is 19.3 Å². The zero-order valence-corrected chi connectivity index (χ0v) is 7.48. The fourth-order valence-corrected chi connectivity index (χ4v) is 1.72. The summed E-state index contributed by atoms with van der Waals surface area (Å²) in [6.45, 7) is 5.04. The van der Waals surface area contributed by atoms with Crippen LogP contribution in [-0.2, 0) is 0 Å². The Balaban J connectivity index is 2.75. The Morgan fingerprint density at radius 2 is 1.78 bits per heavy atom. The first-order valence-electron chi connectivity index (χ1n) is 3.67. The van der Waals surface area contributed by atoms with Crippen molar-refractivity contribution in [1.29, 1.82) is 0 Å². The molecule has 0 aromatic carbocycles. The van der Waals surface area contributed by atoms with Gasteiger partial charge < -0.3 is 5.11 Å². The van der Waals surface area contributed by atoms with Gasteiger partial charge in [0.05, 0.1) is 0 Å². The lowest BCUT2D eigenvalue weighted by Gasteiger charge is -1.99. The molecule has 1 N–H and O–H groups in total. The van der Waals surface area contributed by atoms with Crippen molar-refractivity contribution in [2.24, 2.45) is 0 Å². The summed E-state index contributed by atoms with van der Waals surface area (Å²) < 4.78 is 0. The molecule has 2 heteroatoms. The Morgan fingerprint density at radius 1 is 1.11 bits per heavy atom. The topological polar surface area (TPSA) is 20.2 Å². The minimum Gasteiger partial charge on any atom is -0.396 e. The first-order valence-corrected chi connectivity index (χ1v) is 6.38. The molecule has 0 aromatic heterocycles. The van der Waals surface area contributed by atoms with Crippen LogP contribution in [0.2, 0.25) is 19.1 Å². The maximum absolute atomic E-state index is 8.44. The molecule has 0 aliphatic heterocycles. The van der Waals surface area contributed by atoms with Gasteiger partial charge in [-0.25, -0.2) is 0 Å². The average Bonchev–Trinajstić information content (AvgIpc) is 1.80. The van der Waals surface area contributed by atoms with Gasteiger partial charge in [0.25, 0.3) is 0 Å². The summed E-state index contributed by atoms with van der Waals surface area (Å²) >= 11 is 0.